The van der Waals surface area contributed by atoms with E-state index >= 15 is 0 Å². The average molecular weight is 410 g/mol. The number of thiazole rings is 1. The van der Waals surface area contributed by atoms with E-state index in [9.17, 15) is 0 Å². The van der Waals surface area contributed by atoms with Gasteiger partial charge in [0.1, 0.15) is 5.75 Å². The Bertz CT molecular complexity index is 924. The van der Waals surface area contributed by atoms with Crippen molar-refractivity contribution in [1.29, 1.82) is 0 Å². The molecule has 150 valence electrons. The van der Waals surface area contributed by atoms with Gasteiger partial charge in [0.15, 0.2) is 6.29 Å². The molecule has 4 rings (SSSR count). The first kappa shape index (κ1) is 19.6. The van der Waals surface area contributed by atoms with E-state index < -0.39 is 0 Å². The Morgan fingerprint density at radius 2 is 2.00 bits per heavy atom. The molecule has 1 saturated heterocycles. The fraction of sp³-hybridized carbons (Fsp3) is 0.273. The number of nitrogens with one attached hydrogen (secondary N) is 1. The molecule has 0 bridgehead atoms. The Kier molecular flexibility index (Phi) is 6.85. The van der Waals surface area contributed by atoms with Crippen LogP contribution < -0.4 is 10.2 Å². The Morgan fingerprint density at radius 3 is 2.86 bits per heavy atom. The molecule has 1 N–H and O–H groups in total. The second kappa shape index (κ2) is 10.2. The number of aromatic nitrogens is 1. The standard InChI is InChI=1S/C22H23N3O3S/c1-2-7-18(8-3-1)20-16-29-22(24-20)25-23-15-17-6-4-9-19(14-17)26-13-10-21-27-11-5-12-28-21/h1-4,6-9,14-16,21H,5,10-13H2,(H,24,25). The fourth-order valence-electron chi connectivity index (χ4n) is 2.89. The molecule has 1 aliphatic rings. The van der Waals surface area contributed by atoms with Crippen LogP contribution in [0.5, 0.6) is 5.75 Å². The lowest BCUT2D eigenvalue weighted by Gasteiger charge is -2.23. The lowest BCUT2D eigenvalue weighted by atomic mass is 10.2. The van der Waals surface area contributed by atoms with Gasteiger partial charge in [0.2, 0.25) is 5.13 Å². The van der Waals surface area contributed by atoms with Gasteiger partial charge in [-0.05, 0) is 24.1 Å². The quantitative estimate of drug-likeness (QED) is 0.428. The minimum Gasteiger partial charge on any atom is -0.493 e. The van der Waals surface area contributed by atoms with E-state index in [-0.39, 0.29) is 6.29 Å². The monoisotopic (exact) mass is 409 g/mol. The van der Waals surface area contributed by atoms with Crippen LogP contribution in [0.3, 0.4) is 0 Å². The summed E-state index contributed by atoms with van der Waals surface area (Å²) in [5.41, 5.74) is 5.97. The third-order valence-electron chi connectivity index (χ3n) is 4.32. The van der Waals surface area contributed by atoms with Crippen molar-refractivity contribution in [3.8, 4) is 17.0 Å². The molecule has 1 aliphatic heterocycles. The van der Waals surface area contributed by atoms with E-state index in [1.54, 1.807) is 6.21 Å². The van der Waals surface area contributed by atoms with Crippen LogP contribution in [-0.2, 0) is 9.47 Å². The van der Waals surface area contributed by atoms with Crippen LogP contribution in [0.4, 0.5) is 5.13 Å². The normalized spacial score (nSPS) is 14.9. The summed E-state index contributed by atoms with van der Waals surface area (Å²) < 4.78 is 16.9. The third-order valence-corrected chi connectivity index (χ3v) is 5.07. The minimum absolute atomic E-state index is 0.156. The summed E-state index contributed by atoms with van der Waals surface area (Å²) in [6.45, 7) is 2.07. The first-order chi connectivity index (χ1) is 14.4. The van der Waals surface area contributed by atoms with Crippen LogP contribution in [0.1, 0.15) is 18.4 Å². The summed E-state index contributed by atoms with van der Waals surface area (Å²) in [4.78, 5) is 4.56. The van der Waals surface area contributed by atoms with Gasteiger partial charge in [-0.1, -0.05) is 42.5 Å². The number of nitrogens with zero attached hydrogens (tertiary/aromatic N) is 2. The molecule has 2 aromatic carbocycles. The molecule has 2 heterocycles. The lowest BCUT2D eigenvalue weighted by Crippen LogP contribution is -2.26. The summed E-state index contributed by atoms with van der Waals surface area (Å²) in [6.07, 6.45) is 3.27. The molecule has 0 aliphatic carbocycles. The highest BCUT2D eigenvalue weighted by molar-refractivity contribution is 7.14. The molecule has 0 unspecified atom stereocenters. The van der Waals surface area contributed by atoms with Crippen molar-refractivity contribution in [3.05, 3.63) is 65.5 Å². The summed E-state index contributed by atoms with van der Waals surface area (Å²) in [6, 6.07) is 17.9. The largest absolute Gasteiger partial charge is 0.493 e. The summed E-state index contributed by atoms with van der Waals surface area (Å²) in [5.74, 6) is 0.797. The van der Waals surface area contributed by atoms with Crippen molar-refractivity contribution in [2.75, 3.05) is 25.2 Å². The maximum Gasteiger partial charge on any atom is 0.203 e. The molecule has 6 nitrogen and oxygen atoms in total. The van der Waals surface area contributed by atoms with Crippen molar-refractivity contribution in [2.45, 2.75) is 19.1 Å². The molecule has 29 heavy (non-hydrogen) atoms. The van der Waals surface area contributed by atoms with Gasteiger partial charge < -0.3 is 14.2 Å². The van der Waals surface area contributed by atoms with Crippen molar-refractivity contribution in [1.82, 2.24) is 4.98 Å². The fourth-order valence-corrected chi connectivity index (χ4v) is 3.56. The predicted molar refractivity (Wildman–Crippen MR) is 116 cm³/mol. The highest BCUT2D eigenvalue weighted by Crippen LogP contribution is 2.24. The molecule has 7 heteroatoms. The zero-order chi connectivity index (χ0) is 19.7. The van der Waals surface area contributed by atoms with Crippen LogP contribution in [0.15, 0.2) is 65.1 Å². The van der Waals surface area contributed by atoms with E-state index in [1.165, 1.54) is 11.3 Å². The molecule has 0 atom stereocenters. The second-order valence-electron chi connectivity index (χ2n) is 6.51. The summed E-state index contributed by atoms with van der Waals surface area (Å²) in [7, 11) is 0. The number of anilines is 1. The van der Waals surface area contributed by atoms with Gasteiger partial charge >= 0.3 is 0 Å². The van der Waals surface area contributed by atoms with Crippen LogP contribution in [0.2, 0.25) is 0 Å². The van der Waals surface area contributed by atoms with Gasteiger partial charge in [-0.15, -0.1) is 11.3 Å². The topological polar surface area (TPSA) is 65.0 Å². The molecule has 0 saturated carbocycles. The molecule has 0 amide bonds. The van der Waals surface area contributed by atoms with E-state index in [4.69, 9.17) is 14.2 Å². The molecular formula is C22H23N3O3S. The van der Waals surface area contributed by atoms with Crippen LogP contribution in [-0.4, -0.2) is 37.3 Å². The van der Waals surface area contributed by atoms with Crippen LogP contribution in [0, 0.1) is 0 Å². The van der Waals surface area contributed by atoms with Gasteiger partial charge in [-0.3, -0.25) is 5.43 Å². The first-order valence-electron chi connectivity index (χ1n) is 9.63. The van der Waals surface area contributed by atoms with Crippen LogP contribution >= 0.6 is 11.3 Å². The zero-order valence-corrected chi connectivity index (χ0v) is 16.8. The highest BCUT2D eigenvalue weighted by Gasteiger charge is 2.13. The van der Waals surface area contributed by atoms with Crippen molar-refractivity contribution >= 4 is 22.7 Å². The van der Waals surface area contributed by atoms with Crippen molar-refractivity contribution in [3.63, 3.8) is 0 Å². The SMILES string of the molecule is C(=NNc1nc(-c2ccccc2)cs1)c1cccc(OCCC2OCCCO2)c1. The molecule has 0 spiro atoms. The first-order valence-corrected chi connectivity index (χ1v) is 10.5. The van der Waals surface area contributed by atoms with Gasteiger partial charge in [0.25, 0.3) is 0 Å². The second-order valence-corrected chi connectivity index (χ2v) is 7.37. The number of ether oxygens (including phenoxy) is 3. The number of hydrogen-bond donors (Lipinski definition) is 1. The lowest BCUT2D eigenvalue weighted by molar-refractivity contribution is -0.183. The Hall–Kier alpha value is -2.74. The maximum absolute atomic E-state index is 5.81. The van der Waals surface area contributed by atoms with E-state index in [2.05, 4.69) is 15.5 Å². The number of rotatable bonds is 8. The summed E-state index contributed by atoms with van der Waals surface area (Å²) >= 11 is 1.52. The van der Waals surface area contributed by atoms with Gasteiger partial charge in [0, 0.05) is 17.4 Å². The number of hydrazone groups is 1. The summed E-state index contributed by atoms with van der Waals surface area (Å²) in [5, 5.41) is 7.06. The predicted octanol–water partition coefficient (Wildman–Crippen LogP) is 4.79. The highest BCUT2D eigenvalue weighted by atomic mass is 32.1. The number of benzene rings is 2. The van der Waals surface area contributed by atoms with Crippen molar-refractivity contribution < 1.29 is 14.2 Å². The average Bonchev–Trinajstić information content (AvgIpc) is 3.25. The van der Waals surface area contributed by atoms with E-state index in [1.807, 2.05) is 60.0 Å². The van der Waals surface area contributed by atoms with Gasteiger partial charge in [-0.2, -0.15) is 5.10 Å². The molecule has 1 fully saturated rings. The van der Waals surface area contributed by atoms with E-state index in [0.717, 1.165) is 47.3 Å². The molecular weight excluding hydrogens is 386 g/mol. The third kappa shape index (κ3) is 5.87. The van der Waals surface area contributed by atoms with E-state index in [0.29, 0.717) is 13.0 Å². The van der Waals surface area contributed by atoms with Gasteiger partial charge in [-0.25, -0.2) is 4.98 Å². The smallest absolute Gasteiger partial charge is 0.203 e. The zero-order valence-electron chi connectivity index (χ0n) is 16.0. The van der Waals surface area contributed by atoms with Crippen molar-refractivity contribution in [2.24, 2.45) is 5.10 Å². The number of hydrogen-bond acceptors (Lipinski definition) is 7. The Morgan fingerprint density at radius 1 is 1.14 bits per heavy atom. The van der Waals surface area contributed by atoms with Crippen LogP contribution in [0.25, 0.3) is 11.3 Å². The Balaban J connectivity index is 1.27. The Labute approximate surface area is 174 Å². The van der Waals surface area contributed by atoms with Gasteiger partial charge in [0.05, 0.1) is 31.7 Å². The molecule has 3 aromatic rings. The molecule has 1 aromatic heterocycles. The molecule has 0 radical (unpaired) electrons. The maximum atomic E-state index is 5.81. The minimum atomic E-state index is -0.156.